The highest BCUT2D eigenvalue weighted by atomic mass is 14.3. The molecule has 0 bridgehead atoms. The van der Waals surface area contributed by atoms with Crippen LogP contribution >= 0.6 is 0 Å². The third-order valence-electron chi connectivity index (χ3n) is 3.26. The van der Waals surface area contributed by atoms with E-state index >= 15 is 0 Å². The van der Waals surface area contributed by atoms with Gasteiger partial charge in [0.2, 0.25) is 0 Å². The number of benzene rings is 1. The van der Waals surface area contributed by atoms with Crippen LogP contribution in [0.2, 0.25) is 0 Å². The van der Waals surface area contributed by atoms with Gasteiger partial charge in [0.25, 0.3) is 0 Å². The van der Waals surface area contributed by atoms with E-state index < -0.39 is 0 Å². The Morgan fingerprint density at radius 2 is 1.58 bits per heavy atom. The molecule has 0 spiro atoms. The minimum Gasteiger partial charge on any atom is -0.192 e. The van der Waals surface area contributed by atoms with Gasteiger partial charge in [0, 0.05) is 0 Å². The van der Waals surface area contributed by atoms with Crippen molar-refractivity contribution in [3.05, 3.63) is 47.0 Å². The van der Waals surface area contributed by atoms with Crippen molar-refractivity contribution in [3.63, 3.8) is 0 Å². The minimum atomic E-state index is 0.282. The number of rotatable bonds is 7. The van der Waals surface area contributed by atoms with Crippen LogP contribution in [-0.2, 0) is 6.42 Å². The van der Waals surface area contributed by atoms with Crippen molar-refractivity contribution in [3.8, 4) is 12.1 Å². The number of nitriles is 2. The highest BCUT2D eigenvalue weighted by Gasteiger charge is 2.00. The molecule has 1 aromatic carbocycles. The van der Waals surface area contributed by atoms with E-state index in [1.807, 2.05) is 25.1 Å². The normalized spacial score (nSPS) is 9.42. The summed E-state index contributed by atoms with van der Waals surface area (Å²) in [4.78, 5) is 0. The smallest absolute Gasteiger partial charge is 0.128 e. The molecular formula is C17H20N2. The first-order valence-electron chi connectivity index (χ1n) is 6.82. The van der Waals surface area contributed by atoms with E-state index in [1.165, 1.54) is 18.4 Å². The number of allylic oxidation sites excluding steroid dienone is 2. The van der Waals surface area contributed by atoms with E-state index in [4.69, 9.17) is 10.5 Å². The Bertz CT molecular complexity index is 470. The summed E-state index contributed by atoms with van der Waals surface area (Å²) in [6.45, 7) is 1.88. The maximum Gasteiger partial charge on any atom is 0.128 e. The summed E-state index contributed by atoms with van der Waals surface area (Å²) in [6.07, 6.45) is 6.63. The lowest BCUT2D eigenvalue weighted by atomic mass is 10.0. The zero-order valence-corrected chi connectivity index (χ0v) is 11.5. The van der Waals surface area contributed by atoms with E-state index in [0.717, 1.165) is 31.3 Å². The first-order valence-corrected chi connectivity index (χ1v) is 6.82. The molecule has 0 heterocycles. The Labute approximate surface area is 116 Å². The Hall–Kier alpha value is -2.06. The molecule has 0 saturated heterocycles. The number of aryl methyl sites for hydroxylation is 1. The maximum absolute atomic E-state index is 8.73. The molecule has 1 aromatic rings. The lowest BCUT2D eigenvalue weighted by Gasteiger charge is -2.03. The van der Waals surface area contributed by atoms with Crippen LogP contribution in [0.3, 0.4) is 0 Å². The molecule has 2 nitrogen and oxygen atoms in total. The molecule has 19 heavy (non-hydrogen) atoms. The Balaban J connectivity index is 2.14. The van der Waals surface area contributed by atoms with Gasteiger partial charge in [-0.2, -0.15) is 10.5 Å². The molecule has 0 aromatic heterocycles. The average Bonchev–Trinajstić information content (AvgIpc) is 2.45. The Morgan fingerprint density at radius 1 is 0.947 bits per heavy atom. The van der Waals surface area contributed by atoms with Gasteiger partial charge in [0.05, 0.1) is 0 Å². The quantitative estimate of drug-likeness (QED) is 0.528. The summed E-state index contributed by atoms with van der Waals surface area (Å²) in [6, 6.07) is 14.4. The fraction of sp³-hybridized carbons (Fsp3) is 0.412. The molecule has 0 atom stereocenters. The van der Waals surface area contributed by atoms with Crippen molar-refractivity contribution in [1.82, 2.24) is 0 Å². The lowest BCUT2D eigenvalue weighted by Crippen LogP contribution is -1.87. The van der Waals surface area contributed by atoms with Gasteiger partial charge in [-0.3, -0.25) is 0 Å². The van der Waals surface area contributed by atoms with Crippen LogP contribution in [0, 0.1) is 22.7 Å². The van der Waals surface area contributed by atoms with Crippen molar-refractivity contribution in [2.75, 3.05) is 0 Å². The summed E-state index contributed by atoms with van der Waals surface area (Å²) < 4.78 is 0. The van der Waals surface area contributed by atoms with Crippen molar-refractivity contribution in [2.24, 2.45) is 0 Å². The van der Waals surface area contributed by atoms with Crippen molar-refractivity contribution >= 4 is 0 Å². The third-order valence-corrected chi connectivity index (χ3v) is 3.26. The Kier molecular flexibility index (Phi) is 7.06. The second kappa shape index (κ2) is 8.95. The van der Waals surface area contributed by atoms with Crippen molar-refractivity contribution < 1.29 is 0 Å². The maximum atomic E-state index is 8.73. The molecule has 0 aliphatic heterocycles. The molecule has 0 unspecified atom stereocenters. The summed E-state index contributed by atoms with van der Waals surface area (Å²) in [5.41, 5.74) is 2.60. The number of hydrogen-bond acceptors (Lipinski definition) is 2. The van der Waals surface area contributed by atoms with Gasteiger partial charge in [0.15, 0.2) is 0 Å². The average molecular weight is 252 g/mol. The summed E-state index contributed by atoms with van der Waals surface area (Å²) in [5.74, 6) is 0. The standard InChI is InChI=1S/C17H20N2/c1-15(17(13-18)14-19)9-5-2-3-6-10-16-11-7-4-8-12-16/h4,7-8,11-12H,2-3,5-6,9-10H2,1H3. The van der Waals surface area contributed by atoms with Crippen LogP contribution in [0.15, 0.2) is 41.5 Å². The molecule has 0 saturated carbocycles. The summed E-state index contributed by atoms with van der Waals surface area (Å²) in [7, 11) is 0. The van der Waals surface area contributed by atoms with Crippen LogP contribution < -0.4 is 0 Å². The molecule has 0 N–H and O–H groups in total. The predicted molar refractivity (Wildman–Crippen MR) is 77.2 cm³/mol. The van der Waals surface area contributed by atoms with E-state index in [1.54, 1.807) is 0 Å². The third kappa shape index (κ3) is 5.89. The summed E-state index contributed by atoms with van der Waals surface area (Å²) in [5, 5.41) is 17.5. The van der Waals surface area contributed by atoms with Gasteiger partial charge in [-0.05, 0) is 43.7 Å². The molecule has 0 aliphatic rings. The SMILES string of the molecule is CC(CCCCCCc1ccccc1)=C(C#N)C#N. The predicted octanol–water partition coefficient (Wildman–Crippen LogP) is 4.54. The Morgan fingerprint density at radius 3 is 2.21 bits per heavy atom. The highest BCUT2D eigenvalue weighted by Crippen LogP contribution is 2.14. The van der Waals surface area contributed by atoms with Gasteiger partial charge < -0.3 is 0 Å². The van der Waals surface area contributed by atoms with Crippen molar-refractivity contribution in [1.29, 1.82) is 10.5 Å². The van der Waals surface area contributed by atoms with Gasteiger partial charge >= 0.3 is 0 Å². The molecular weight excluding hydrogens is 232 g/mol. The molecule has 0 amide bonds. The first-order chi connectivity index (χ1) is 9.27. The van der Waals surface area contributed by atoms with E-state index in [2.05, 4.69) is 24.3 Å². The monoisotopic (exact) mass is 252 g/mol. The molecule has 1 rings (SSSR count). The largest absolute Gasteiger partial charge is 0.192 e. The molecule has 0 radical (unpaired) electrons. The number of hydrogen-bond donors (Lipinski definition) is 0. The van der Waals surface area contributed by atoms with Crippen molar-refractivity contribution in [2.45, 2.75) is 45.4 Å². The second-order valence-electron chi connectivity index (χ2n) is 4.78. The summed E-state index contributed by atoms with van der Waals surface area (Å²) >= 11 is 0. The van der Waals surface area contributed by atoms with Crippen LogP contribution in [-0.4, -0.2) is 0 Å². The second-order valence-corrected chi connectivity index (χ2v) is 4.78. The van der Waals surface area contributed by atoms with Gasteiger partial charge in [-0.25, -0.2) is 0 Å². The number of unbranched alkanes of at least 4 members (excludes halogenated alkanes) is 3. The highest BCUT2D eigenvalue weighted by molar-refractivity contribution is 5.39. The van der Waals surface area contributed by atoms with Gasteiger partial charge in [0.1, 0.15) is 17.7 Å². The number of nitrogens with zero attached hydrogens (tertiary/aromatic N) is 2. The van der Waals surface area contributed by atoms with E-state index in [-0.39, 0.29) is 5.57 Å². The van der Waals surface area contributed by atoms with Crippen LogP contribution in [0.5, 0.6) is 0 Å². The fourth-order valence-corrected chi connectivity index (χ4v) is 2.06. The zero-order valence-electron chi connectivity index (χ0n) is 11.5. The van der Waals surface area contributed by atoms with Crippen LogP contribution in [0.4, 0.5) is 0 Å². The van der Waals surface area contributed by atoms with Crippen LogP contribution in [0.1, 0.15) is 44.6 Å². The topological polar surface area (TPSA) is 47.6 Å². The molecule has 2 heteroatoms. The first kappa shape index (κ1) is 15.0. The van der Waals surface area contributed by atoms with Gasteiger partial charge in [-0.1, -0.05) is 43.2 Å². The van der Waals surface area contributed by atoms with Crippen LogP contribution in [0.25, 0.3) is 0 Å². The molecule has 98 valence electrons. The lowest BCUT2D eigenvalue weighted by molar-refractivity contribution is 0.638. The minimum absolute atomic E-state index is 0.282. The zero-order chi connectivity index (χ0) is 13.9. The van der Waals surface area contributed by atoms with E-state index in [9.17, 15) is 0 Å². The van der Waals surface area contributed by atoms with Gasteiger partial charge in [-0.15, -0.1) is 0 Å². The van der Waals surface area contributed by atoms with E-state index in [0.29, 0.717) is 0 Å². The molecule has 0 aliphatic carbocycles. The molecule has 0 fully saturated rings. The fourth-order valence-electron chi connectivity index (χ4n) is 2.06.